The third-order valence-corrected chi connectivity index (χ3v) is 7.26. The highest BCUT2D eigenvalue weighted by molar-refractivity contribution is 7.91. The Morgan fingerprint density at radius 2 is 1.83 bits per heavy atom. The molecule has 1 amide bonds. The van der Waals surface area contributed by atoms with Gasteiger partial charge in [-0.2, -0.15) is 0 Å². The molecule has 0 radical (unpaired) electrons. The lowest BCUT2D eigenvalue weighted by Gasteiger charge is -2.19. The summed E-state index contributed by atoms with van der Waals surface area (Å²) in [5, 5.41) is 2.89. The number of methoxy groups -OCH3 is 1. The lowest BCUT2D eigenvalue weighted by Crippen LogP contribution is -2.28. The van der Waals surface area contributed by atoms with Crippen LogP contribution in [-0.4, -0.2) is 33.3 Å². The molecule has 1 fully saturated rings. The summed E-state index contributed by atoms with van der Waals surface area (Å²) in [5.41, 5.74) is 0.995. The van der Waals surface area contributed by atoms with E-state index in [2.05, 4.69) is 5.32 Å². The molecule has 0 bridgehead atoms. The quantitative estimate of drug-likeness (QED) is 0.674. The van der Waals surface area contributed by atoms with Crippen LogP contribution < -0.4 is 14.8 Å². The molecule has 1 N–H and O–H groups in total. The highest BCUT2D eigenvalue weighted by Crippen LogP contribution is 2.34. The summed E-state index contributed by atoms with van der Waals surface area (Å²) in [6.45, 7) is 3.41. The van der Waals surface area contributed by atoms with E-state index in [0.717, 1.165) is 18.4 Å². The van der Waals surface area contributed by atoms with Crippen molar-refractivity contribution in [2.24, 2.45) is 0 Å². The van der Waals surface area contributed by atoms with Gasteiger partial charge in [0.1, 0.15) is 0 Å². The van der Waals surface area contributed by atoms with Crippen molar-refractivity contribution in [3.8, 4) is 11.5 Å². The number of rotatable bonds is 8. The number of sulfone groups is 1. The molecule has 2 aromatic carbocycles. The molecular formula is C23H29NO5S. The molecule has 0 saturated heterocycles. The van der Waals surface area contributed by atoms with Gasteiger partial charge in [0.15, 0.2) is 21.3 Å². The zero-order valence-corrected chi connectivity index (χ0v) is 18.5. The van der Waals surface area contributed by atoms with Crippen molar-refractivity contribution in [3.63, 3.8) is 0 Å². The number of carbonyl (C=O) groups is 1. The first-order valence-corrected chi connectivity index (χ1v) is 12.0. The molecule has 3 rings (SSSR count). The van der Waals surface area contributed by atoms with Crippen molar-refractivity contribution in [1.29, 1.82) is 0 Å². The Bertz CT molecular complexity index is 996. The van der Waals surface area contributed by atoms with Crippen LogP contribution in [0.4, 0.5) is 0 Å². The third-order valence-electron chi connectivity index (χ3n) is 5.48. The van der Waals surface area contributed by atoms with Gasteiger partial charge < -0.3 is 14.8 Å². The second-order valence-corrected chi connectivity index (χ2v) is 9.78. The zero-order valence-electron chi connectivity index (χ0n) is 17.7. The van der Waals surface area contributed by atoms with Gasteiger partial charge in [-0.3, -0.25) is 4.79 Å². The Morgan fingerprint density at radius 3 is 2.50 bits per heavy atom. The highest BCUT2D eigenvalue weighted by atomic mass is 32.2. The standard InChI is InChI=1S/C23H29NO5S/c1-4-30(26,27)22-12-8-7-11-19(22)23(25)24-16(2)17-13-14-20(21(15-17)28-3)29-18-9-5-6-10-18/h7-8,11-16,18H,4-6,9-10H2,1-3H3,(H,24,25)/t16-/m1/s1. The first-order chi connectivity index (χ1) is 14.4. The van der Waals surface area contributed by atoms with Crippen molar-refractivity contribution >= 4 is 15.7 Å². The maximum absolute atomic E-state index is 12.8. The minimum absolute atomic E-state index is 0.0510. The van der Waals surface area contributed by atoms with E-state index in [-0.39, 0.29) is 28.4 Å². The van der Waals surface area contributed by atoms with E-state index in [4.69, 9.17) is 9.47 Å². The Labute approximate surface area is 178 Å². The maximum atomic E-state index is 12.8. The Hall–Kier alpha value is -2.54. The van der Waals surface area contributed by atoms with Crippen molar-refractivity contribution in [2.75, 3.05) is 12.9 Å². The molecule has 1 atom stereocenters. The summed E-state index contributed by atoms with van der Waals surface area (Å²) >= 11 is 0. The molecule has 1 aliphatic carbocycles. The molecule has 162 valence electrons. The minimum Gasteiger partial charge on any atom is -0.493 e. The molecule has 30 heavy (non-hydrogen) atoms. The predicted octanol–water partition coefficient (Wildman–Crippen LogP) is 4.30. The minimum atomic E-state index is -3.50. The van der Waals surface area contributed by atoms with E-state index in [1.54, 1.807) is 26.2 Å². The monoisotopic (exact) mass is 431 g/mol. The molecule has 0 aromatic heterocycles. The van der Waals surface area contributed by atoms with E-state index in [1.165, 1.54) is 25.0 Å². The van der Waals surface area contributed by atoms with Crippen LogP contribution in [0.2, 0.25) is 0 Å². The van der Waals surface area contributed by atoms with Crippen LogP contribution >= 0.6 is 0 Å². The Balaban J connectivity index is 1.77. The number of hydrogen-bond donors (Lipinski definition) is 1. The van der Waals surface area contributed by atoms with E-state index in [0.29, 0.717) is 11.5 Å². The number of nitrogens with one attached hydrogen (secondary N) is 1. The second-order valence-electron chi connectivity index (χ2n) is 7.53. The van der Waals surface area contributed by atoms with E-state index < -0.39 is 15.7 Å². The molecule has 1 saturated carbocycles. The van der Waals surface area contributed by atoms with Crippen LogP contribution in [0.15, 0.2) is 47.4 Å². The number of carbonyl (C=O) groups excluding carboxylic acids is 1. The lowest BCUT2D eigenvalue weighted by atomic mass is 10.1. The van der Waals surface area contributed by atoms with E-state index in [1.807, 2.05) is 25.1 Å². The largest absolute Gasteiger partial charge is 0.493 e. The van der Waals surface area contributed by atoms with Crippen molar-refractivity contribution < 1.29 is 22.7 Å². The second kappa shape index (κ2) is 9.51. The fourth-order valence-corrected chi connectivity index (χ4v) is 4.77. The third kappa shape index (κ3) is 4.95. The summed E-state index contributed by atoms with van der Waals surface area (Å²) in [5.74, 6) is 0.827. The summed E-state index contributed by atoms with van der Waals surface area (Å²) in [6.07, 6.45) is 4.70. The molecule has 0 heterocycles. The summed E-state index contributed by atoms with van der Waals surface area (Å²) < 4.78 is 36.2. The van der Waals surface area contributed by atoms with Gasteiger partial charge >= 0.3 is 0 Å². The average Bonchev–Trinajstić information content (AvgIpc) is 3.27. The summed E-state index contributed by atoms with van der Waals surface area (Å²) in [6, 6.07) is 11.6. The molecule has 0 aliphatic heterocycles. The predicted molar refractivity (Wildman–Crippen MR) is 116 cm³/mol. The first-order valence-electron chi connectivity index (χ1n) is 10.3. The molecule has 7 heteroatoms. The molecule has 1 aliphatic rings. The van der Waals surface area contributed by atoms with Crippen LogP contribution in [0.25, 0.3) is 0 Å². The number of hydrogen-bond acceptors (Lipinski definition) is 5. The summed E-state index contributed by atoms with van der Waals surface area (Å²) in [7, 11) is -1.91. The number of ether oxygens (including phenoxy) is 2. The topological polar surface area (TPSA) is 81.7 Å². The first kappa shape index (κ1) is 22.2. The van der Waals surface area contributed by atoms with Crippen LogP contribution in [-0.2, 0) is 9.84 Å². The van der Waals surface area contributed by atoms with E-state index >= 15 is 0 Å². The van der Waals surface area contributed by atoms with Gasteiger partial charge in [-0.25, -0.2) is 8.42 Å². The van der Waals surface area contributed by atoms with Gasteiger partial charge in [0.25, 0.3) is 5.91 Å². The lowest BCUT2D eigenvalue weighted by molar-refractivity contribution is 0.0936. The molecule has 0 spiro atoms. The smallest absolute Gasteiger partial charge is 0.253 e. The van der Waals surface area contributed by atoms with Crippen molar-refractivity contribution in [1.82, 2.24) is 5.32 Å². The van der Waals surface area contributed by atoms with Crippen LogP contribution in [0, 0.1) is 0 Å². The Kier molecular flexibility index (Phi) is 7.02. The number of benzene rings is 2. The van der Waals surface area contributed by atoms with Gasteiger partial charge in [0.05, 0.1) is 35.5 Å². The molecule has 2 aromatic rings. The SMILES string of the molecule is CCS(=O)(=O)c1ccccc1C(=O)N[C@H](C)c1ccc(OC2CCCC2)c(OC)c1. The van der Waals surface area contributed by atoms with Gasteiger partial charge in [0, 0.05) is 0 Å². The zero-order chi connectivity index (χ0) is 21.7. The molecular weight excluding hydrogens is 402 g/mol. The molecule has 0 unspecified atom stereocenters. The average molecular weight is 432 g/mol. The fraction of sp³-hybridized carbons (Fsp3) is 0.435. The van der Waals surface area contributed by atoms with Crippen molar-refractivity contribution in [2.45, 2.75) is 56.6 Å². The normalized spacial score (nSPS) is 15.6. The highest BCUT2D eigenvalue weighted by Gasteiger charge is 2.23. The van der Waals surface area contributed by atoms with Gasteiger partial charge in [0.2, 0.25) is 0 Å². The van der Waals surface area contributed by atoms with Gasteiger partial charge in [-0.05, 0) is 62.4 Å². The van der Waals surface area contributed by atoms with Gasteiger partial charge in [-0.1, -0.05) is 25.1 Å². The summed E-state index contributed by atoms with van der Waals surface area (Å²) in [4.78, 5) is 12.9. The van der Waals surface area contributed by atoms with E-state index in [9.17, 15) is 13.2 Å². The maximum Gasteiger partial charge on any atom is 0.253 e. The Morgan fingerprint density at radius 1 is 1.13 bits per heavy atom. The van der Waals surface area contributed by atoms with Crippen LogP contribution in [0.1, 0.15) is 61.5 Å². The van der Waals surface area contributed by atoms with Gasteiger partial charge in [-0.15, -0.1) is 0 Å². The fourth-order valence-electron chi connectivity index (χ4n) is 3.68. The van der Waals surface area contributed by atoms with Crippen molar-refractivity contribution in [3.05, 3.63) is 53.6 Å². The van der Waals surface area contributed by atoms with Crippen LogP contribution in [0.5, 0.6) is 11.5 Å². The number of amides is 1. The van der Waals surface area contributed by atoms with Crippen LogP contribution in [0.3, 0.4) is 0 Å². The molecule has 6 nitrogen and oxygen atoms in total.